The summed E-state index contributed by atoms with van der Waals surface area (Å²) in [5, 5.41) is 2.21. The first kappa shape index (κ1) is 28.2. The summed E-state index contributed by atoms with van der Waals surface area (Å²) >= 11 is 0. The molecule has 1 saturated heterocycles. The van der Waals surface area contributed by atoms with E-state index in [0.717, 1.165) is 22.6 Å². The van der Waals surface area contributed by atoms with E-state index in [0.29, 0.717) is 43.9 Å². The molecule has 0 saturated carbocycles. The Balaban J connectivity index is 1.50. The van der Waals surface area contributed by atoms with Crippen molar-refractivity contribution in [3.8, 4) is 0 Å². The molecule has 0 unspecified atom stereocenters. The summed E-state index contributed by atoms with van der Waals surface area (Å²) in [7, 11) is 0. The zero-order valence-electron chi connectivity index (χ0n) is 21.3. The van der Waals surface area contributed by atoms with Gasteiger partial charge in [-0.3, -0.25) is 0 Å². The molecule has 1 aliphatic rings. The number of alkyl halides is 6. The van der Waals surface area contributed by atoms with Crippen molar-refractivity contribution < 1.29 is 31.1 Å². The smallest absolute Gasteiger partial charge is 0.353 e. The average Bonchev–Trinajstić information content (AvgIpc) is 2.89. The van der Waals surface area contributed by atoms with Crippen LogP contribution in [0.1, 0.15) is 40.7 Å². The fraction of sp³-hybridized carbons (Fsp3) is 0.370. The van der Waals surface area contributed by atoms with Crippen LogP contribution in [0.2, 0.25) is 0 Å². The van der Waals surface area contributed by atoms with Gasteiger partial charge in [0.25, 0.3) is 0 Å². The van der Waals surface area contributed by atoms with Gasteiger partial charge in [0.05, 0.1) is 11.1 Å². The van der Waals surface area contributed by atoms with Gasteiger partial charge in [-0.05, 0) is 37.1 Å². The summed E-state index contributed by atoms with van der Waals surface area (Å²) in [5.74, 6) is 1.37. The predicted molar refractivity (Wildman–Crippen MR) is 135 cm³/mol. The number of piperazine rings is 1. The lowest BCUT2D eigenvalue weighted by Crippen LogP contribution is -2.50. The number of hydrogen-bond acceptors (Lipinski definition) is 4. The standard InChI is InChI=1S/C27H27F6N5O/c1-3-23-22(13-18-7-5-4-6-8-18)24(35-17(2)34-23)37-9-11-38(12-10-37)25(39)36-21-15-19(26(28,29)30)14-20(16-21)27(31,32)33/h4-8,14-16H,3,9-13H2,1-2H3,(H,36,39). The molecule has 0 radical (unpaired) electrons. The number of rotatable bonds is 5. The molecule has 2 aromatic carbocycles. The number of benzene rings is 2. The van der Waals surface area contributed by atoms with E-state index < -0.39 is 35.2 Å². The highest BCUT2D eigenvalue weighted by molar-refractivity contribution is 5.89. The number of aryl methyl sites for hydroxylation is 2. The second kappa shape index (κ2) is 11.1. The molecule has 208 valence electrons. The first-order chi connectivity index (χ1) is 18.3. The summed E-state index contributed by atoms with van der Waals surface area (Å²) < 4.78 is 79.1. The Hall–Kier alpha value is -3.83. The summed E-state index contributed by atoms with van der Waals surface area (Å²) in [5.41, 5.74) is -0.558. The van der Waals surface area contributed by atoms with Gasteiger partial charge in [0.2, 0.25) is 0 Å². The normalized spacial score (nSPS) is 14.5. The van der Waals surface area contributed by atoms with Crippen LogP contribution >= 0.6 is 0 Å². The minimum absolute atomic E-state index is 0.0235. The molecule has 0 atom stereocenters. The maximum atomic E-state index is 13.2. The molecule has 3 aromatic rings. The van der Waals surface area contributed by atoms with E-state index in [1.54, 1.807) is 0 Å². The number of aromatic nitrogens is 2. The Morgan fingerprint density at radius 2 is 1.49 bits per heavy atom. The number of carbonyl (C=O) groups excluding carboxylic acids is 1. The number of nitrogens with one attached hydrogen (secondary N) is 1. The minimum Gasteiger partial charge on any atom is -0.353 e. The largest absolute Gasteiger partial charge is 0.416 e. The Bertz CT molecular complexity index is 1290. The molecule has 1 aliphatic heterocycles. The number of anilines is 2. The monoisotopic (exact) mass is 551 g/mol. The van der Waals surface area contributed by atoms with Crippen LogP contribution < -0.4 is 10.2 Å². The van der Waals surface area contributed by atoms with Gasteiger partial charge in [0.15, 0.2) is 0 Å². The maximum Gasteiger partial charge on any atom is 0.416 e. The van der Waals surface area contributed by atoms with Crippen LogP contribution in [-0.2, 0) is 25.2 Å². The number of urea groups is 1. The molecule has 2 amide bonds. The van der Waals surface area contributed by atoms with Crippen LogP contribution in [0, 0.1) is 6.92 Å². The van der Waals surface area contributed by atoms with Crippen LogP contribution in [0.5, 0.6) is 0 Å². The van der Waals surface area contributed by atoms with E-state index in [1.807, 2.05) is 49.1 Å². The molecule has 0 spiro atoms. The van der Waals surface area contributed by atoms with Crippen molar-refractivity contribution in [2.24, 2.45) is 0 Å². The molecule has 4 rings (SSSR count). The number of nitrogens with zero attached hydrogens (tertiary/aromatic N) is 4. The lowest BCUT2D eigenvalue weighted by Gasteiger charge is -2.36. The topological polar surface area (TPSA) is 61.4 Å². The first-order valence-electron chi connectivity index (χ1n) is 12.4. The van der Waals surface area contributed by atoms with Crippen LogP contribution in [0.15, 0.2) is 48.5 Å². The van der Waals surface area contributed by atoms with Gasteiger partial charge in [0.1, 0.15) is 11.6 Å². The second-order valence-corrected chi connectivity index (χ2v) is 9.23. The van der Waals surface area contributed by atoms with Crippen molar-refractivity contribution in [3.05, 3.63) is 82.3 Å². The molecule has 0 aliphatic carbocycles. The van der Waals surface area contributed by atoms with Crippen molar-refractivity contribution in [1.29, 1.82) is 0 Å². The van der Waals surface area contributed by atoms with Crippen LogP contribution in [0.25, 0.3) is 0 Å². The number of hydrogen-bond donors (Lipinski definition) is 1. The van der Waals surface area contributed by atoms with Crippen molar-refractivity contribution in [2.75, 3.05) is 36.4 Å². The molecule has 6 nitrogen and oxygen atoms in total. The van der Waals surface area contributed by atoms with Crippen molar-refractivity contribution in [2.45, 2.75) is 39.0 Å². The zero-order chi connectivity index (χ0) is 28.4. The Morgan fingerprint density at radius 3 is 2.03 bits per heavy atom. The van der Waals surface area contributed by atoms with E-state index >= 15 is 0 Å². The van der Waals surface area contributed by atoms with E-state index in [4.69, 9.17) is 0 Å². The minimum atomic E-state index is -5.00. The first-order valence-corrected chi connectivity index (χ1v) is 12.4. The predicted octanol–water partition coefficient (Wildman–Crippen LogP) is 6.33. The molecule has 1 aromatic heterocycles. The molecule has 0 bridgehead atoms. The van der Waals surface area contributed by atoms with E-state index in [1.165, 1.54) is 4.90 Å². The second-order valence-electron chi connectivity index (χ2n) is 9.23. The highest BCUT2D eigenvalue weighted by atomic mass is 19.4. The Kier molecular flexibility index (Phi) is 8.03. The lowest BCUT2D eigenvalue weighted by molar-refractivity contribution is -0.143. The van der Waals surface area contributed by atoms with Gasteiger partial charge >= 0.3 is 18.4 Å². The van der Waals surface area contributed by atoms with Crippen LogP contribution in [-0.4, -0.2) is 47.1 Å². The Morgan fingerprint density at radius 1 is 0.897 bits per heavy atom. The van der Waals surface area contributed by atoms with Gasteiger partial charge in [0, 0.05) is 49.5 Å². The highest BCUT2D eigenvalue weighted by Gasteiger charge is 2.37. The van der Waals surface area contributed by atoms with Crippen molar-refractivity contribution in [1.82, 2.24) is 14.9 Å². The SMILES string of the molecule is CCc1nc(C)nc(N2CCN(C(=O)Nc3cc(C(F)(F)F)cc(C(F)(F)F)c3)CC2)c1Cc1ccccc1. The van der Waals surface area contributed by atoms with Gasteiger partial charge in [-0.25, -0.2) is 14.8 Å². The van der Waals surface area contributed by atoms with E-state index in [9.17, 15) is 31.1 Å². The van der Waals surface area contributed by atoms with Crippen molar-refractivity contribution >= 4 is 17.5 Å². The average molecular weight is 552 g/mol. The van der Waals surface area contributed by atoms with Gasteiger partial charge in [-0.15, -0.1) is 0 Å². The number of carbonyl (C=O) groups is 1. The zero-order valence-corrected chi connectivity index (χ0v) is 21.3. The van der Waals surface area contributed by atoms with Gasteiger partial charge in [-0.2, -0.15) is 26.3 Å². The van der Waals surface area contributed by atoms with Crippen molar-refractivity contribution in [3.63, 3.8) is 0 Å². The number of amides is 2. The van der Waals surface area contributed by atoms with Crippen LogP contribution in [0.3, 0.4) is 0 Å². The maximum absolute atomic E-state index is 13.2. The van der Waals surface area contributed by atoms with E-state index in [2.05, 4.69) is 15.3 Å². The third-order valence-corrected chi connectivity index (χ3v) is 6.45. The third-order valence-electron chi connectivity index (χ3n) is 6.45. The summed E-state index contributed by atoms with van der Waals surface area (Å²) in [6.07, 6.45) is -8.68. The molecule has 39 heavy (non-hydrogen) atoms. The van der Waals surface area contributed by atoms with Gasteiger partial charge < -0.3 is 15.1 Å². The fourth-order valence-corrected chi connectivity index (χ4v) is 4.52. The lowest BCUT2D eigenvalue weighted by atomic mass is 10.0. The third kappa shape index (κ3) is 6.79. The highest BCUT2D eigenvalue weighted by Crippen LogP contribution is 2.37. The van der Waals surface area contributed by atoms with Crippen LogP contribution in [0.4, 0.5) is 42.6 Å². The molecule has 2 heterocycles. The molecule has 1 N–H and O–H groups in total. The molecule has 12 heteroatoms. The number of halogens is 6. The molecular formula is C27H27F6N5O. The Labute approximate surface area is 221 Å². The fourth-order valence-electron chi connectivity index (χ4n) is 4.52. The quantitative estimate of drug-likeness (QED) is 0.377. The van der Waals surface area contributed by atoms with Gasteiger partial charge in [-0.1, -0.05) is 37.3 Å². The molecule has 1 fully saturated rings. The summed E-state index contributed by atoms with van der Waals surface area (Å²) in [6, 6.07) is 10.1. The summed E-state index contributed by atoms with van der Waals surface area (Å²) in [4.78, 5) is 25.5. The summed E-state index contributed by atoms with van der Waals surface area (Å²) in [6.45, 7) is 4.98. The van der Waals surface area contributed by atoms with E-state index in [-0.39, 0.29) is 19.2 Å². The molecular weight excluding hydrogens is 524 g/mol.